The van der Waals surface area contributed by atoms with Crippen molar-refractivity contribution < 1.29 is 9.47 Å². The van der Waals surface area contributed by atoms with Crippen LogP contribution >= 0.6 is 0 Å². The number of hydrogen-bond donors (Lipinski definition) is 1. The number of ether oxygens (including phenoxy) is 2. The summed E-state index contributed by atoms with van der Waals surface area (Å²) >= 11 is 0. The lowest BCUT2D eigenvalue weighted by molar-refractivity contribution is 0.394. The van der Waals surface area contributed by atoms with Crippen molar-refractivity contribution in [2.45, 2.75) is 19.8 Å². The molecule has 16 heavy (non-hydrogen) atoms. The smallest absolute Gasteiger partial charge is 0.122 e. The molecule has 0 aliphatic heterocycles. The molecule has 0 bridgehead atoms. The molecule has 0 aromatic heterocycles. The van der Waals surface area contributed by atoms with Gasteiger partial charge in [0.05, 0.1) is 14.2 Å². The van der Waals surface area contributed by atoms with Gasteiger partial charge in [-0.1, -0.05) is 6.92 Å². The summed E-state index contributed by atoms with van der Waals surface area (Å²) in [5.41, 5.74) is 6.74. The summed E-state index contributed by atoms with van der Waals surface area (Å²) < 4.78 is 10.6. The SMILES string of the molecule is COc1ccc(OC)c(CC(C)CCN)c1. The summed E-state index contributed by atoms with van der Waals surface area (Å²) in [7, 11) is 3.37. The van der Waals surface area contributed by atoms with E-state index < -0.39 is 0 Å². The van der Waals surface area contributed by atoms with Gasteiger partial charge in [-0.2, -0.15) is 0 Å². The molecule has 0 radical (unpaired) electrons. The Labute approximate surface area is 97.6 Å². The van der Waals surface area contributed by atoms with Crippen LogP contribution in [0, 0.1) is 5.92 Å². The molecular formula is C13H21NO2. The number of methoxy groups -OCH3 is 2. The second-order valence-corrected chi connectivity index (χ2v) is 4.06. The van der Waals surface area contributed by atoms with Crippen LogP contribution in [-0.4, -0.2) is 20.8 Å². The van der Waals surface area contributed by atoms with Gasteiger partial charge < -0.3 is 15.2 Å². The van der Waals surface area contributed by atoms with E-state index in [-0.39, 0.29) is 0 Å². The molecule has 3 heteroatoms. The molecule has 1 aromatic rings. The van der Waals surface area contributed by atoms with Crippen LogP contribution in [0.4, 0.5) is 0 Å². The van der Waals surface area contributed by atoms with Crippen molar-refractivity contribution in [1.82, 2.24) is 0 Å². The van der Waals surface area contributed by atoms with E-state index in [1.165, 1.54) is 5.56 Å². The first-order valence-electron chi connectivity index (χ1n) is 5.62. The topological polar surface area (TPSA) is 44.5 Å². The molecule has 2 N–H and O–H groups in total. The highest BCUT2D eigenvalue weighted by Gasteiger charge is 2.09. The van der Waals surface area contributed by atoms with Crippen LogP contribution in [-0.2, 0) is 6.42 Å². The number of rotatable bonds is 6. The summed E-state index contributed by atoms with van der Waals surface area (Å²) in [4.78, 5) is 0. The van der Waals surface area contributed by atoms with E-state index in [1.807, 2.05) is 18.2 Å². The minimum Gasteiger partial charge on any atom is -0.497 e. The number of nitrogens with two attached hydrogens (primary N) is 1. The minimum atomic E-state index is 0.561. The average Bonchev–Trinajstić information content (AvgIpc) is 2.29. The molecule has 0 heterocycles. The van der Waals surface area contributed by atoms with Crippen molar-refractivity contribution in [1.29, 1.82) is 0 Å². The second kappa shape index (κ2) is 6.38. The fourth-order valence-corrected chi connectivity index (χ4v) is 1.80. The van der Waals surface area contributed by atoms with Gasteiger partial charge >= 0.3 is 0 Å². The zero-order valence-electron chi connectivity index (χ0n) is 10.3. The van der Waals surface area contributed by atoms with Gasteiger partial charge in [0.15, 0.2) is 0 Å². The molecule has 0 saturated carbocycles. The van der Waals surface area contributed by atoms with E-state index in [1.54, 1.807) is 14.2 Å². The Morgan fingerprint density at radius 2 is 2.00 bits per heavy atom. The van der Waals surface area contributed by atoms with Crippen molar-refractivity contribution in [3.8, 4) is 11.5 Å². The first-order chi connectivity index (χ1) is 7.71. The molecule has 1 unspecified atom stereocenters. The molecule has 0 saturated heterocycles. The largest absolute Gasteiger partial charge is 0.497 e. The van der Waals surface area contributed by atoms with E-state index >= 15 is 0 Å². The third-order valence-electron chi connectivity index (χ3n) is 2.72. The van der Waals surface area contributed by atoms with Crippen LogP contribution in [0.3, 0.4) is 0 Å². The Hall–Kier alpha value is -1.22. The van der Waals surface area contributed by atoms with Crippen LogP contribution in [0.1, 0.15) is 18.9 Å². The Morgan fingerprint density at radius 1 is 1.25 bits per heavy atom. The standard InChI is InChI=1S/C13H21NO2/c1-10(6-7-14)8-11-9-12(15-2)4-5-13(11)16-3/h4-5,9-10H,6-8,14H2,1-3H3. The third kappa shape index (κ3) is 3.42. The van der Waals surface area contributed by atoms with Crippen molar-refractivity contribution in [3.05, 3.63) is 23.8 Å². The zero-order valence-corrected chi connectivity index (χ0v) is 10.3. The van der Waals surface area contributed by atoms with E-state index in [0.29, 0.717) is 5.92 Å². The second-order valence-electron chi connectivity index (χ2n) is 4.06. The summed E-state index contributed by atoms with van der Waals surface area (Å²) in [6.07, 6.45) is 2.00. The van der Waals surface area contributed by atoms with Crippen molar-refractivity contribution in [2.24, 2.45) is 11.7 Å². The Kier molecular flexibility index (Phi) is 5.12. The molecule has 1 aromatic carbocycles. The lowest BCUT2D eigenvalue weighted by Gasteiger charge is -2.14. The third-order valence-corrected chi connectivity index (χ3v) is 2.72. The maximum atomic E-state index is 5.55. The molecule has 1 atom stereocenters. The van der Waals surface area contributed by atoms with Crippen molar-refractivity contribution in [2.75, 3.05) is 20.8 Å². The van der Waals surface area contributed by atoms with Gasteiger partial charge in [0.1, 0.15) is 11.5 Å². The molecule has 0 fully saturated rings. The van der Waals surface area contributed by atoms with Crippen LogP contribution in [0.25, 0.3) is 0 Å². The summed E-state index contributed by atoms with van der Waals surface area (Å²) in [6, 6.07) is 5.89. The fraction of sp³-hybridized carbons (Fsp3) is 0.538. The maximum Gasteiger partial charge on any atom is 0.122 e. The summed E-state index contributed by atoms with van der Waals surface area (Å²) in [5.74, 6) is 2.35. The van der Waals surface area contributed by atoms with Gasteiger partial charge in [-0.05, 0) is 49.1 Å². The first kappa shape index (κ1) is 12.8. The molecule has 1 rings (SSSR count). The Morgan fingerprint density at radius 3 is 2.56 bits per heavy atom. The lowest BCUT2D eigenvalue weighted by atomic mass is 9.97. The first-order valence-corrected chi connectivity index (χ1v) is 5.62. The maximum absolute atomic E-state index is 5.55. The van der Waals surface area contributed by atoms with E-state index in [9.17, 15) is 0 Å². The minimum absolute atomic E-state index is 0.561. The molecule has 0 amide bonds. The van der Waals surface area contributed by atoms with Gasteiger partial charge in [0, 0.05) is 0 Å². The normalized spacial score (nSPS) is 12.2. The summed E-state index contributed by atoms with van der Waals surface area (Å²) in [6.45, 7) is 2.93. The van der Waals surface area contributed by atoms with Gasteiger partial charge in [0.2, 0.25) is 0 Å². The van der Waals surface area contributed by atoms with Crippen LogP contribution in [0.5, 0.6) is 11.5 Å². The van der Waals surface area contributed by atoms with Gasteiger partial charge in [-0.15, -0.1) is 0 Å². The van der Waals surface area contributed by atoms with E-state index in [0.717, 1.165) is 30.9 Å². The fourth-order valence-electron chi connectivity index (χ4n) is 1.80. The Balaban J connectivity index is 2.82. The zero-order chi connectivity index (χ0) is 12.0. The van der Waals surface area contributed by atoms with Crippen molar-refractivity contribution in [3.63, 3.8) is 0 Å². The lowest BCUT2D eigenvalue weighted by Crippen LogP contribution is -2.08. The molecule has 0 aliphatic carbocycles. The monoisotopic (exact) mass is 223 g/mol. The molecule has 0 aliphatic rings. The van der Waals surface area contributed by atoms with Crippen LogP contribution < -0.4 is 15.2 Å². The highest BCUT2D eigenvalue weighted by molar-refractivity contribution is 5.40. The quantitative estimate of drug-likeness (QED) is 0.804. The van der Waals surface area contributed by atoms with E-state index in [4.69, 9.17) is 15.2 Å². The van der Waals surface area contributed by atoms with Crippen LogP contribution in [0.15, 0.2) is 18.2 Å². The highest BCUT2D eigenvalue weighted by atomic mass is 16.5. The molecule has 90 valence electrons. The van der Waals surface area contributed by atoms with Crippen LogP contribution in [0.2, 0.25) is 0 Å². The number of benzene rings is 1. The van der Waals surface area contributed by atoms with Gasteiger partial charge in [-0.3, -0.25) is 0 Å². The molecule has 3 nitrogen and oxygen atoms in total. The van der Waals surface area contributed by atoms with Crippen molar-refractivity contribution >= 4 is 0 Å². The summed E-state index contributed by atoms with van der Waals surface area (Å²) in [5, 5.41) is 0. The predicted octanol–water partition coefficient (Wildman–Crippen LogP) is 2.23. The number of hydrogen-bond acceptors (Lipinski definition) is 3. The Bertz CT molecular complexity index is 326. The molecule has 0 spiro atoms. The molecular weight excluding hydrogens is 202 g/mol. The predicted molar refractivity (Wildman–Crippen MR) is 66.1 cm³/mol. The van der Waals surface area contributed by atoms with Gasteiger partial charge in [0.25, 0.3) is 0 Å². The van der Waals surface area contributed by atoms with Gasteiger partial charge in [-0.25, -0.2) is 0 Å². The average molecular weight is 223 g/mol. The highest BCUT2D eigenvalue weighted by Crippen LogP contribution is 2.26. The van der Waals surface area contributed by atoms with E-state index in [2.05, 4.69) is 6.92 Å².